The number of methoxy groups -OCH3 is 1. The fraction of sp³-hybridized carbons (Fsp3) is 0.909. The summed E-state index contributed by atoms with van der Waals surface area (Å²) in [6.45, 7) is 3.92. The van der Waals surface area contributed by atoms with Gasteiger partial charge in [0.15, 0.2) is 18.7 Å². The quantitative estimate of drug-likeness (QED) is 0.121. The first-order chi connectivity index (χ1) is 23.3. The Morgan fingerprint density at radius 3 is 2.18 bits per heavy atom. The number of carbonyl (C=O) groups is 3. The molecule has 7 N–H and O–H groups in total. The zero-order valence-corrected chi connectivity index (χ0v) is 28.7. The van der Waals surface area contributed by atoms with E-state index in [2.05, 4.69) is 5.32 Å². The lowest BCUT2D eigenvalue weighted by Gasteiger charge is -2.49. The number of ether oxygens (including phenoxy) is 6. The van der Waals surface area contributed by atoms with Gasteiger partial charge in [-0.05, 0) is 38.0 Å². The van der Waals surface area contributed by atoms with E-state index in [1.54, 1.807) is 0 Å². The summed E-state index contributed by atoms with van der Waals surface area (Å²) in [6.07, 6.45) is -9.97. The molecule has 16 heteroatoms. The molecule has 9 unspecified atom stereocenters. The smallest absolute Gasteiger partial charge is 0.332 e. The highest BCUT2D eigenvalue weighted by atomic mass is 16.7. The van der Waals surface area contributed by atoms with Crippen LogP contribution in [0, 0.1) is 17.8 Å². The van der Waals surface area contributed by atoms with Gasteiger partial charge in [-0.15, -0.1) is 0 Å². The lowest BCUT2D eigenvalue weighted by molar-refractivity contribution is -0.338. The standard InChI is InChI=1S/C33H55NO15/c1-5-18-12-19(31(43)44-4)13-20(28(18)49-33-27(40)26(39)24(37)15(2)45-33)47-32-23(34-16(3)36)29(25(38)22(14-35)48-32)46-21(30(41)42)11-17-9-7-6-8-10-17/h15,17-29,32-33,35,37-40H,5-14H2,1-4H3,(H,34,36)(H,41,42)/t15-,18?,19?,20+,21-,22?,23?,24?,25-,26?,27-,28?,29?,32+,33?/m0/s1. The molecule has 2 aliphatic carbocycles. The first-order valence-electron chi connectivity index (χ1n) is 17.5. The molecule has 4 aliphatic rings. The van der Waals surface area contributed by atoms with Gasteiger partial charge in [0.2, 0.25) is 5.91 Å². The van der Waals surface area contributed by atoms with Crippen molar-refractivity contribution in [2.75, 3.05) is 13.7 Å². The van der Waals surface area contributed by atoms with Crippen LogP contribution in [-0.4, -0.2) is 142 Å². The monoisotopic (exact) mass is 705 g/mol. The number of carbonyl (C=O) groups excluding carboxylic acids is 2. The molecule has 0 bridgehead atoms. The fourth-order valence-electron chi connectivity index (χ4n) is 7.72. The minimum Gasteiger partial charge on any atom is -0.479 e. The maximum absolute atomic E-state index is 12.8. The highest BCUT2D eigenvalue weighted by molar-refractivity contribution is 5.74. The molecule has 2 saturated carbocycles. The van der Waals surface area contributed by atoms with Gasteiger partial charge in [0, 0.05) is 6.92 Å². The number of rotatable bonds is 13. The van der Waals surface area contributed by atoms with Crippen molar-refractivity contribution in [3.8, 4) is 0 Å². The van der Waals surface area contributed by atoms with E-state index < -0.39 is 110 Å². The van der Waals surface area contributed by atoms with Gasteiger partial charge >= 0.3 is 11.9 Å². The Kier molecular flexibility index (Phi) is 14.6. The second kappa shape index (κ2) is 18.0. The van der Waals surface area contributed by atoms with Crippen LogP contribution in [0.1, 0.15) is 78.6 Å². The van der Waals surface area contributed by atoms with Crippen LogP contribution in [-0.2, 0) is 42.8 Å². The highest BCUT2D eigenvalue weighted by Crippen LogP contribution is 2.40. The van der Waals surface area contributed by atoms with Gasteiger partial charge < -0.3 is 64.4 Å². The van der Waals surface area contributed by atoms with Crippen molar-refractivity contribution in [2.24, 2.45) is 17.8 Å². The average Bonchev–Trinajstić information content (AvgIpc) is 3.08. The third-order valence-corrected chi connectivity index (χ3v) is 10.5. The normalized spacial score (nSPS) is 41.1. The summed E-state index contributed by atoms with van der Waals surface area (Å²) >= 11 is 0. The van der Waals surface area contributed by atoms with Gasteiger partial charge in [0.05, 0.1) is 37.9 Å². The SMILES string of the molecule is CCC1CC(C(=O)OC)C[C@@H](O[C@@H]2OC(CO)[C@H](O)C(O[C@@H](CC3CCCCC3)C(=O)O)C2NC(C)=O)C1OC1O[C@@H](C)C(O)C(O)[C@@H]1O. The summed E-state index contributed by atoms with van der Waals surface area (Å²) in [7, 11) is 1.26. The summed E-state index contributed by atoms with van der Waals surface area (Å²) in [5.74, 6) is -3.20. The molecule has 0 aromatic carbocycles. The molecule has 0 aromatic rings. The van der Waals surface area contributed by atoms with E-state index in [1.807, 2.05) is 6.92 Å². The van der Waals surface area contributed by atoms with E-state index in [1.165, 1.54) is 21.0 Å². The number of aliphatic carboxylic acids is 1. The number of esters is 1. The molecule has 2 aliphatic heterocycles. The molecule has 0 spiro atoms. The summed E-state index contributed by atoms with van der Waals surface area (Å²) < 4.78 is 35.6. The number of aliphatic hydroxyl groups excluding tert-OH is 5. The molecule has 2 heterocycles. The topological polar surface area (TPSA) is 240 Å². The highest BCUT2D eigenvalue weighted by Gasteiger charge is 2.53. The Hall–Kier alpha value is -1.99. The molecule has 4 rings (SSSR count). The van der Waals surface area contributed by atoms with Crippen molar-refractivity contribution in [1.82, 2.24) is 5.32 Å². The number of carboxylic acids is 1. The van der Waals surface area contributed by atoms with Gasteiger partial charge in [-0.2, -0.15) is 0 Å². The van der Waals surface area contributed by atoms with Gasteiger partial charge in [-0.1, -0.05) is 45.4 Å². The van der Waals surface area contributed by atoms with Crippen molar-refractivity contribution in [3.63, 3.8) is 0 Å². The first-order valence-corrected chi connectivity index (χ1v) is 17.5. The van der Waals surface area contributed by atoms with Crippen molar-refractivity contribution < 1.29 is 73.4 Å². The van der Waals surface area contributed by atoms with Gasteiger partial charge in [-0.3, -0.25) is 9.59 Å². The minimum absolute atomic E-state index is 0.0291. The van der Waals surface area contributed by atoms with Crippen molar-refractivity contribution in [3.05, 3.63) is 0 Å². The Bertz CT molecular complexity index is 1090. The van der Waals surface area contributed by atoms with Crippen LogP contribution in [0.2, 0.25) is 0 Å². The molecule has 2 saturated heterocycles. The number of hydrogen-bond acceptors (Lipinski definition) is 14. The molecule has 15 atom stereocenters. The van der Waals surface area contributed by atoms with E-state index in [4.69, 9.17) is 28.4 Å². The molecule has 1 amide bonds. The van der Waals surface area contributed by atoms with Crippen molar-refractivity contribution in [1.29, 1.82) is 0 Å². The number of nitrogens with one attached hydrogen (secondary N) is 1. The van der Waals surface area contributed by atoms with Gasteiger partial charge in [-0.25, -0.2) is 4.79 Å². The van der Waals surface area contributed by atoms with Crippen LogP contribution < -0.4 is 5.32 Å². The number of carboxylic acid groups (broad SMARTS) is 1. The summed E-state index contributed by atoms with van der Waals surface area (Å²) in [6, 6.07) is -1.27. The Morgan fingerprint density at radius 1 is 0.898 bits per heavy atom. The van der Waals surface area contributed by atoms with E-state index >= 15 is 0 Å². The van der Waals surface area contributed by atoms with Crippen molar-refractivity contribution >= 4 is 17.8 Å². The van der Waals surface area contributed by atoms with E-state index in [0.717, 1.165) is 32.1 Å². The van der Waals surface area contributed by atoms with Crippen LogP contribution in [0.15, 0.2) is 0 Å². The maximum atomic E-state index is 12.8. The van der Waals surface area contributed by atoms with E-state index in [-0.39, 0.29) is 24.7 Å². The number of amides is 1. The predicted molar refractivity (Wildman–Crippen MR) is 167 cm³/mol. The lowest BCUT2D eigenvalue weighted by Crippen LogP contribution is -2.67. The van der Waals surface area contributed by atoms with Crippen LogP contribution in [0.25, 0.3) is 0 Å². The third kappa shape index (κ3) is 9.67. The first kappa shape index (κ1) is 39.8. The lowest BCUT2D eigenvalue weighted by atomic mass is 9.76. The fourth-order valence-corrected chi connectivity index (χ4v) is 7.72. The maximum Gasteiger partial charge on any atom is 0.332 e. The molecule has 49 heavy (non-hydrogen) atoms. The zero-order valence-electron chi connectivity index (χ0n) is 28.7. The molecule has 0 radical (unpaired) electrons. The Labute approximate surface area is 286 Å². The molecule has 282 valence electrons. The van der Waals surface area contributed by atoms with E-state index in [9.17, 15) is 45.0 Å². The van der Waals surface area contributed by atoms with Crippen LogP contribution in [0.5, 0.6) is 0 Å². The molecular weight excluding hydrogens is 650 g/mol. The average molecular weight is 706 g/mol. The second-order valence-corrected chi connectivity index (χ2v) is 13.9. The molecule has 0 aromatic heterocycles. The largest absolute Gasteiger partial charge is 0.479 e. The van der Waals surface area contributed by atoms with Crippen LogP contribution in [0.4, 0.5) is 0 Å². The Morgan fingerprint density at radius 2 is 1.59 bits per heavy atom. The molecular formula is C33H55NO15. The second-order valence-electron chi connectivity index (χ2n) is 13.9. The summed E-state index contributed by atoms with van der Waals surface area (Å²) in [5.41, 5.74) is 0. The van der Waals surface area contributed by atoms with Crippen molar-refractivity contribution in [2.45, 2.75) is 158 Å². The number of aliphatic hydroxyl groups is 5. The van der Waals surface area contributed by atoms with Crippen LogP contribution in [0.3, 0.4) is 0 Å². The zero-order chi connectivity index (χ0) is 36.0. The number of hydrogen-bond donors (Lipinski definition) is 7. The molecule has 16 nitrogen and oxygen atoms in total. The van der Waals surface area contributed by atoms with Crippen LogP contribution >= 0.6 is 0 Å². The minimum atomic E-state index is -1.62. The van der Waals surface area contributed by atoms with E-state index in [0.29, 0.717) is 12.8 Å². The summed E-state index contributed by atoms with van der Waals surface area (Å²) in [4.78, 5) is 37.8. The van der Waals surface area contributed by atoms with Gasteiger partial charge in [0.25, 0.3) is 0 Å². The third-order valence-electron chi connectivity index (χ3n) is 10.5. The molecule has 4 fully saturated rings. The Balaban J connectivity index is 1.65. The predicted octanol–water partition coefficient (Wildman–Crippen LogP) is -0.415. The van der Waals surface area contributed by atoms with Gasteiger partial charge in [0.1, 0.15) is 42.7 Å². The summed E-state index contributed by atoms with van der Waals surface area (Å²) in [5, 5.41) is 65.7.